The van der Waals surface area contributed by atoms with E-state index in [1.807, 2.05) is 38.1 Å². The molecule has 2 heterocycles. The minimum atomic E-state index is -0.102. The van der Waals surface area contributed by atoms with Crippen LogP contribution >= 0.6 is 24.0 Å². The van der Waals surface area contributed by atoms with Crippen LogP contribution in [0.2, 0.25) is 0 Å². The molecule has 1 aliphatic heterocycles. The van der Waals surface area contributed by atoms with Gasteiger partial charge in [0, 0.05) is 6.08 Å². The molecule has 0 atom stereocenters. The van der Waals surface area contributed by atoms with Crippen molar-refractivity contribution in [1.82, 2.24) is 0 Å². The standard InChI is InChI=1S/C16H13NO2S2/c1-10-5-6-11(2)13(8-10)17-15(18)14(21-16(17)20)9-12-4-3-7-19-12/h3-9H,1-2H3. The summed E-state index contributed by atoms with van der Waals surface area (Å²) < 4.78 is 5.81. The fourth-order valence-electron chi connectivity index (χ4n) is 2.14. The molecule has 3 nitrogen and oxygen atoms in total. The zero-order chi connectivity index (χ0) is 15.0. The number of benzene rings is 1. The second-order valence-corrected chi connectivity index (χ2v) is 6.50. The summed E-state index contributed by atoms with van der Waals surface area (Å²) in [6, 6.07) is 9.60. The maximum atomic E-state index is 12.6. The summed E-state index contributed by atoms with van der Waals surface area (Å²) in [6.45, 7) is 3.98. The molecule has 1 aromatic carbocycles. The molecule has 0 unspecified atom stereocenters. The third-order valence-electron chi connectivity index (χ3n) is 3.22. The maximum absolute atomic E-state index is 12.6. The van der Waals surface area contributed by atoms with Gasteiger partial charge in [-0.15, -0.1) is 0 Å². The second-order valence-electron chi connectivity index (χ2n) is 4.82. The Labute approximate surface area is 132 Å². The summed E-state index contributed by atoms with van der Waals surface area (Å²) in [6.07, 6.45) is 3.31. The average molecular weight is 315 g/mol. The van der Waals surface area contributed by atoms with Crippen molar-refractivity contribution in [3.8, 4) is 0 Å². The van der Waals surface area contributed by atoms with Crippen molar-refractivity contribution in [1.29, 1.82) is 0 Å². The van der Waals surface area contributed by atoms with Crippen LogP contribution in [0.25, 0.3) is 6.08 Å². The zero-order valence-corrected chi connectivity index (χ0v) is 13.3. The van der Waals surface area contributed by atoms with Gasteiger partial charge in [-0.25, -0.2) is 0 Å². The summed E-state index contributed by atoms with van der Waals surface area (Å²) in [7, 11) is 0. The van der Waals surface area contributed by atoms with E-state index in [2.05, 4.69) is 0 Å². The van der Waals surface area contributed by atoms with Crippen molar-refractivity contribution in [2.75, 3.05) is 4.90 Å². The van der Waals surface area contributed by atoms with Gasteiger partial charge in [0.2, 0.25) is 0 Å². The number of anilines is 1. The fraction of sp³-hybridized carbons (Fsp3) is 0.125. The highest BCUT2D eigenvalue weighted by molar-refractivity contribution is 8.27. The molecule has 3 rings (SSSR count). The largest absolute Gasteiger partial charge is 0.465 e. The van der Waals surface area contributed by atoms with Gasteiger partial charge in [0.05, 0.1) is 16.9 Å². The Bertz CT molecular complexity index is 748. The predicted octanol–water partition coefficient (Wildman–Crippen LogP) is 4.30. The number of furan rings is 1. The lowest BCUT2D eigenvalue weighted by atomic mass is 10.1. The molecule has 0 saturated carbocycles. The number of nitrogens with zero attached hydrogens (tertiary/aromatic N) is 1. The van der Waals surface area contributed by atoms with E-state index in [0.29, 0.717) is 15.0 Å². The quantitative estimate of drug-likeness (QED) is 0.611. The maximum Gasteiger partial charge on any atom is 0.270 e. The van der Waals surface area contributed by atoms with Crippen LogP contribution in [0.15, 0.2) is 45.9 Å². The first-order valence-corrected chi connectivity index (χ1v) is 7.67. The van der Waals surface area contributed by atoms with E-state index >= 15 is 0 Å². The fourth-order valence-corrected chi connectivity index (χ4v) is 3.40. The SMILES string of the molecule is Cc1ccc(C)c(N2C(=O)C(=Cc3ccco3)SC2=S)c1. The van der Waals surface area contributed by atoms with Crippen LogP contribution in [0, 0.1) is 13.8 Å². The molecular weight excluding hydrogens is 302 g/mol. The number of carbonyl (C=O) groups excluding carboxylic acids is 1. The molecule has 0 N–H and O–H groups in total. The molecule has 2 aromatic rings. The van der Waals surface area contributed by atoms with Gasteiger partial charge in [0.25, 0.3) is 5.91 Å². The van der Waals surface area contributed by atoms with Gasteiger partial charge in [-0.05, 0) is 43.2 Å². The molecular formula is C16H13NO2S2. The number of rotatable bonds is 2. The molecule has 1 aromatic heterocycles. The monoisotopic (exact) mass is 315 g/mol. The summed E-state index contributed by atoms with van der Waals surface area (Å²) >= 11 is 6.67. The number of carbonyl (C=O) groups is 1. The van der Waals surface area contributed by atoms with Crippen molar-refractivity contribution < 1.29 is 9.21 Å². The number of amides is 1. The highest BCUT2D eigenvalue weighted by Gasteiger charge is 2.34. The van der Waals surface area contributed by atoms with Gasteiger partial charge in [0.1, 0.15) is 5.76 Å². The summed E-state index contributed by atoms with van der Waals surface area (Å²) in [4.78, 5) is 14.8. The van der Waals surface area contributed by atoms with Gasteiger partial charge in [-0.1, -0.05) is 36.1 Å². The van der Waals surface area contributed by atoms with Crippen LogP contribution in [0.4, 0.5) is 5.69 Å². The molecule has 5 heteroatoms. The predicted molar refractivity (Wildman–Crippen MR) is 90.3 cm³/mol. The normalized spacial score (nSPS) is 17.0. The Hall–Kier alpha value is -1.85. The van der Waals surface area contributed by atoms with E-state index < -0.39 is 0 Å². The summed E-state index contributed by atoms with van der Waals surface area (Å²) in [5.74, 6) is 0.548. The Morgan fingerprint density at radius 2 is 2.10 bits per heavy atom. The van der Waals surface area contributed by atoms with E-state index in [-0.39, 0.29) is 5.91 Å². The lowest BCUT2D eigenvalue weighted by Crippen LogP contribution is -2.28. The van der Waals surface area contributed by atoms with Crippen molar-refractivity contribution in [2.24, 2.45) is 0 Å². The molecule has 0 radical (unpaired) electrons. The van der Waals surface area contributed by atoms with Crippen molar-refractivity contribution in [2.45, 2.75) is 13.8 Å². The van der Waals surface area contributed by atoms with E-state index in [1.165, 1.54) is 11.8 Å². The Kier molecular flexibility index (Phi) is 3.69. The van der Waals surface area contributed by atoms with E-state index in [4.69, 9.17) is 16.6 Å². The molecule has 1 fully saturated rings. The number of hydrogen-bond acceptors (Lipinski definition) is 4. The van der Waals surface area contributed by atoms with Gasteiger partial charge >= 0.3 is 0 Å². The van der Waals surface area contributed by atoms with Crippen LogP contribution in [0.1, 0.15) is 16.9 Å². The van der Waals surface area contributed by atoms with Crippen LogP contribution in [0.5, 0.6) is 0 Å². The average Bonchev–Trinajstić information content (AvgIpc) is 3.03. The highest BCUT2D eigenvalue weighted by atomic mass is 32.2. The van der Waals surface area contributed by atoms with Crippen molar-refractivity contribution in [3.63, 3.8) is 0 Å². The second kappa shape index (κ2) is 5.50. The summed E-state index contributed by atoms with van der Waals surface area (Å²) in [5.41, 5.74) is 2.97. The number of thiocarbonyl (C=S) groups is 1. The van der Waals surface area contributed by atoms with Gasteiger partial charge in [0.15, 0.2) is 4.32 Å². The lowest BCUT2D eigenvalue weighted by molar-refractivity contribution is -0.113. The zero-order valence-electron chi connectivity index (χ0n) is 11.6. The third-order valence-corrected chi connectivity index (χ3v) is 4.52. The number of hydrogen-bond donors (Lipinski definition) is 0. The molecule has 1 aliphatic rings. The van der Waals surface area contributed by atoms with E-state index in [9.17, 15) is 4.79 Å². The summed E-state index contributed by atoms with van der Waals surface area (Å²) in [5, 5.41) is 0. The first-order valence-electron chi connectivity index (χ1n) is 6.45. The molecule has 0 spiro atoms. The third kappa shape index (κ3) is 2.66. The Morgan fingerprint density at radius 3 is 2.81 bits per heavy atom. The molecule has 106 valence electrons. The number of thioether (sulfide) groups is 1. The first-order chi connectivity index (χ1) is 10.1. The minimum absolute atomic E-state index is 0.102. The molecule has 0 aliphatic carbocycles. The van der Waals surface area contributed by atoms with Gasteiger partial charge in [-0.2, -0.15) is 0 Å². The van der Waals surface area contributed by atoms with Crippen molar-refractivity contribution in [3.05, 3.63) is 58.4 Å². The van der Waals surface area contributed by atoms with Crippen LogP contribution in [0.3, 0.4) is 0 Å². The molecule has 1 amide bonds. The van der Waals surface area contributed by atoms with Crippen LogP contribution < -0.4 is 4.90 Å². The molecule has 21 heavy (non-hydrogen) atoms. The van der Waals surface area contributed by atoms with Gasteiger partial charge < -0.3 is 4.42 Å². The minimum Gasteiger partial charge on any atom is -0.465 e. The van der Waals surface area contributed by atoms with E-state index in [1.54, 1.807) is 23.3 Å². The lowest BCUT2D eigenvalue weighted by Gasteiger charge is -2.17. The first kappa shape index (κ1) is 14.1. The smallest absolute Gasteiger partial charge is 0.270 e. The Balaban J connectivity index is 2.00. The highest BCUT2D eigenvalue weighted by Crippen LogP contribution is 2.37. The topological polar surface area (TPSA) is 33.5 Å². The van der Waals surface area contributed by atoms with Crippen LogP contribution in [-0.4, -0.2) is 10.2 Å². The van der Waals surface area contributed by atoms with Crippen molar-refractivity contribution >= 4 is 46.0 Å². The molecule has 0 bridgehead atoms. The molecule has 1 saturated heterocycles. The van der Waals surface area contributed by atoms with Crippen LogP contribution in [-0.2, 0) is 4.79 Å². The van der Waals surface area contributed by atoms with Gasteiger partial charge in [-0.3, -0.25) is 9.69 Å². The number of aryl methyl sites for hydroxylation is 2. The Morgan fingerprint density at radius 1 is 1.29 bits per heavy atom. The van der Waals surface area contributed by atoms with E-state index in [0.717, 1.165) is 16.8 Å².